The summed E-state index contributed by atoms with van der Waals surface area (Å²) in [5, 5.41) is 3.38. The normalized spacial score (nSPS) is 16.3. The minimum atomic E-state index is -0.643. The number of carbonyl (C=O) groups excluding carboxylic acids is 1. The van der Waals surface area contributed by atoms with Crippen molar-refractivity contribution in [2.45, 2.75) is 58.7 Å². The van der Waals surface area contributed by atoms with Crippen molar-refractivity contribution in [2.24, 2.45) is 0 Å². The highest BCUT2D eigenvalue weighted by Crippen LogP contribution is 2.18. The Morgan fingerprint density at radius 2 is 1.76 bits per heavy atom. The first-order valence-electron chi connectivity index (χ1n) is 7.92. The molecule has 0 aromatic rings. The SMILES string of the molecule is CCOC(=O)C(C)(CC(C)N(C)CCN(C)C)NC(C)C. The van der Waals surface area contributed by atoms with Gasteiger partial charge in [-0.3, -0.25) is 10.1 Å². The highest BCUT2D eigenvalue weighted by molar-refractivity contribution is 5.80. The van der Waals surface area contributed by atoms with Crippen LogP contribution in [-0.4, -0.2) is 74.2 Å². The number of ether oxygens (including phenoxy) is 1. The molecule has 0 amide bonds. The average molecular weight is 301 g/mol. The van der Waals surface area contributed by atoms with Crippen molar-refractivity contribution in [3.8, 4) is 0 Å². The summed E-state index contributed by atoms with van der Waals surface area (Å²) >= 11 is 0. The summed E-state index contributed by atoms with van der Waals surface area (Å²) in [6.45, 7) is 12.5. The third kappa shape index (κ3) is 7.79. The van der Waals surface area contributed by atoms with E-state index in [0.717, 1.165) is 19.5 Å². The number of esters is 1. The molecule has 0 saturated carbocycles. The third-order valence-corrected chi connectivity index (χ3v) is 3.69. The molecular formula is C16H35N3O2. The van der Waals surface area contributed by atoms with E-state index in [4.69, 9.17) is 4.74 Å². The largest absolute Gasteiger partial charge is 0.465 e. The Balaban J connectivity index is 4.75. The molecule has 21 heavy (non-hydrogen) atoms. The summed E-state index contributed by atoms with van der Waals surface area (Å²) in [5.74, 6) is -0.161. The van der Waals surface area contributed by atoms with Crippen molar-refractivity contribution in [3.63, 3.8) is 0 Å². The molecule has 1 N–H and O–H groups in total. The molecule has 0 radical (unpaired) electrons. The van der Waals surface area contributed by atoms with Gasteiger partial charge in [-0.25, -0.2) is 0 Å². The number of rotatable bonds is 10. The summed E-state index contributed by atoms with van der Waals surface area (Å²) in [6.07, 6.45) is 0.730. The van der Waals surface area contributed by atoms with Crippen molar-refractivity contribution in [3.05, 3.63) is 0 Å². The van der Waals surface area contributed by atoms with Crippen molar-refractivity contribution in [1.82, 2.24) is 15.1 Å². The Labute approximate surface area is 131 Å². The number of carbonyl (C=O) groups is 1. The van der Waals surface area contributed by atoms with E-state index in [1.165, 1.54) is 0 Å². The fourth-order valence-corrected chi connectivity index (χ4v) is 2.45. The first kappa shape index (κ1) is 20.3. The molecule has 0 spiro atoms. The van der Waals surface area contributed by atoms with Gasteiger partial charge in [0, 0.05) is 25.2 Å². The Bertz CT molecular complexity index is 308. The van der Waals surface area contributed by atoms with Crippen molar-refractivity contribution >= 4 is 5.97 Å². The van der Waals surface area contributed by atoms with Crippen LogP contribution in [0.1, 0.15) is 41.0 Å². The van der Waals surface area contributed by atoms with Gasteiger partial charge in [-0.2, -0.15) is 0 Å². The zero-order chi connectivity index (χ0) is 16.6. The zero-order valence-corrected chi connectivity index (χ0v) is 15.2. The van der Waals surface area contributed by atoms with Gasteiger partial charge in [-0.1, -0.05) is 0 Å². The molecule has 0 bridgehead atoms. The van der Waals surface area contributed by atoms with Crippen LogP contribution in [0.5, 0.6) is 0 Å². The van der Waals surface area contributed by atoms with Crippen LogP contribution in [0.3, 0.4) is 0 Å². The molecule has 5 heteroatoms. The lowest BCUT2D eigenvalue weighted by molar-refractivity contribution is -0.151. The summed E-state index contributed by atoms with van der Waals surface area (Å²) in [5.41, 5.74) is -0.643. The second-order valence-electron chi connectivity index (χ2n) is 6.69. The lowest BCUT2D eigenvalue weighted by atomic mass is 9.92. The summed E-state index contributed by atoms with van der Waals surface area (Å²) in [7, 11) is 6.25. The van der Waals surface area contributed by atoms with Crippen LogP contribution in [0, 0.1) is 0 Å². The molecular weight excluding hydrogens is 266 g/mol. The Kier molecular flexibility index (Phi) is 9.09. The van der Waals surface area contributed by atoms with Crippen molar-refractivity contribution < 1.29 is 9.53 Å². The Hall–Kier alpha value is -0.650. The molecule has 0 aromatic heterocycles. The van der Waals surface area contributed by atoms with Gasteiger partial charge in [0.15, 0.2) is 0 Å². The van der Waals surface area contributed by atoms with E-state index in [0.29, 0.717) is 12.6 Å². The van der Waals surface area contributed by atoms with Gasteiger partial charge in [0.25, 0.3) is 0 Å². The van der Waals surface area contributed by atoms with Gasteiger partial charge in [-0.15, -0.1) is 0 Å². The van der Waals surface area contributed by atoms with Gasteiger partial charge in [0.05, 0.1) is 6.61 Å². The second-order valence-corrected chi connectivity index (χ2v) is 6.69. The monoisotopic (exact) mass is 301 g/mol. The molecule has 126 valence electrons. The smallest absolute Gasteiger partial charge is 0.326 e. The summed E-state index contributed by atoms with van der Waals surface area (Å²) in [6, 6.07) is 0.532. The Morgan fingerprint density at radius 1 is 1.19 bits per heavy atom. The molecule has 2 atom stereocenters. The highest BCUT2D eigenvalue weighted by Gasteiger charge is 2.37. The maximum atomic E-state index is 12.3. The van der Waals surface area contributed by atoms with Gasteiger partial charge in [0.2, 0.25) is 0 Å². The van der Waals surface area contributed by atoms with Gasteiger partial charge < -0.3 is 14.5 Å². The minimum Gasteiger partial charge on any atom is -0.465 e. The van der Waals surface area contributed by atoms with Gasteiger partial charge in [0.1, 0.15) is 5.54 Å². The van der Waals surface area contributed by atoms with Crippen molar-refractivity contribution in [1.29, 1.82) is 0 Å². The van der Waals surface area contributed by atoms with Crippen LogP contribution in [0.2, 0.25) is 0 Å². The van der Waals surface area contributed by atoms with E-state index in [1.54, 1.807) is 0 Å². The molecule has 5 nitrogen and oxygen atoms in total. The van der Waals surface area contributed by atoms with Crippen LogP contribution in [0.25, 0.3) is 0 Å². The van der Waals surface area contributed by atoms with E-state index in [9.17, 15) is 4.79 Å². The zero-order valence-electron chi connectivity index (χ0n) is 15.2. The van der Waals surface area contributed by atoms with E-state index >= 15 is 0 Å². The molecule has 0 saturated heterocycles. The second kappa shape index (κ2) is 9.38. The molecule has 0 aliphatic carbocycles. The predicted molar refractivity (Wildman–Crippen MR) is 88.6 cm³/mol. The topological polar surface area (TPSA) is 44.8 Å². The molecule has 0 heterocycles. The van der Waals surface area contributed by atoms with Crippen LogP contribution in [-0.2, 0) is 9.53 Å². The van der Waals surface area contributed by atoms with Crippen LogP contribution in [0.15, 0.2) is 0 Å². The van der Waals surface area contributed by atoms with E-state index < -0.39 is 5.54 Å². The standard InChI is InChI=1S/C16H35N3O2/c1-9-21-15(20)16(5,17-13(2)3)12-14(4)19(8)11-10-18(6)7/h13-14,17H,9-12H2,1-8H3. The van der Waals surface area contributed by atoms with E-state index in [-0.39, 0.29) is 12.0 Å². The lowest BCUT2D eigenvalue weighted by Gasteiger charge is -2.36. The fourth-order valence-electron chi connectivity index (χ4n) is 2.45. The minimum absolute atomic E-state index is 0.161. The van der Waals surface area contributed by atoms with Crippen LogP contribution >= 0.6 is 0 Å². The first-order valence-corrected chi connectivity index (χ1v) is 7.92. The fraction of sp³-hybridized carbons (Fsp3) is 0.938. The Morgan fingerprint density at radius 3 is 2.19 bits per heavy atom. The number of nitrogens with one attached hydrogen (secondary N) is 1. The van der Waals surface area contributed by atoms with Crippen LogP contribution in [0.4, 0.5) is 0 Å². The number of hydrogen-bond donors (Lipinski definition) is 1. The van der Waals surface area contributed by atoms with Crippen LogP contribution < -0.4 is 5.32 Å². The third-order valence-electron chi connectivity index (χ3n) is 3.69. The molecule has 2 unspecified atom stereocenters. The highest BCUT2D eigenvalue weighted by atomic mass is 16.5. The summed E-state index contributed by atoms with van der Waals surface area (Å²) in [4.78, 5) is 16.8. The number of likely N-dealkylation sites (N-methyl/N-ethyl adjacent to an activating group) is 2. The first-order chi connectivity index (χ1) is 9.62. The van der Waals surface area contributed by atoms with E-state index in [2.05, 4.69) is 57.0 Å². The lowest BCUT2D eigenvalue weighted by Crippen LogP contribution is -2.56. The van der Waals surface area contributed by atoms with Gasteiger partial charge in [-0.05, 0) is 62.2 Å². The average Bonchev–Trinajstić information content (AvgIpc) is 2.34. The van der Waals surface area contributed by atoms with Crippen molar-refractivity contribution in [2.75, 3.05) is 40.8 Å². The van der Waals surface area contributed by atoms with Gasteiger partial charge >= 0.3 is 5.97 Å². The molecule has 0 rings (SSSR count). The number of nitrogens with zero attached hydrogens (tertiary/aromatic N) is 2. The molecule has 0 aliphatic heterocycles. The maximum absolute atomic E-state index is 12.3. The predicted octanol–water partition coefficient (Wildman–Crippen LogP) is 1.58. The molecule has 0 aromatic carbocycles. The summed E-state index contributed by atoms with van der Waals surface area (Å²) < 4.78 is 5.26. The molecule has 0 fully saturated rings. The molecule has 0 aliphatic rings. The maximum Gasteiger partial charge on any atom is 0.326 e. The quantitative estimate of drug-likeness (QED) is 0.621. The number of hydrogen-bond acceptors (Lipinski definition) is 5. The van der Waals surface area contributed by atoms with E-state index in [1.807, 2.05) is 13.8 Å².